The van der Waals surface area contributed by atoms with E-state index in [0.29, 0.717) is 57.3 Å². The number of likely N-dealkylation sites (tertiary alicyclic amines) is 1. The summed E-state index contributed by atoms with van der Waals surface area (Å²) in [5.41, 5.74) is 11.9. The van der Waals surface area contributed by atoms with Crippen LogP contribution >= 0.6 is 0 Å². The van der Waals surface area contributed by atoms with Gasteiger partial charge < -0.3 is 31.7 Å². The van der Waals surface area contributed by atoms with E-state index in [2.05, 4.69) is 10.2 Å². The Balaban J connectivity index is 1.47. The van der Waals surface area contributed by atoms with Gasteiger partial charge in [-0.05, 0) is 68.8 Å². The summed E-state index contributed by atoms with van der Waals surface area (Å²) in [7, 11) is 0. The van der Waals surface area contributed by atoms with Gasteiger partial charge in [0, 0.05) is 50.4 Å². The highest BCUT2D eigenvalue weighted by Gasteiger charge is 2.44. The van der Waals surface area contributed by atoms with Crippen LogP contribution in [0.2, 0.25) is 0 Å². The van der Waals surface area contributed by atoms with Crippen molar-refractivity contribution in [3.8, 4) is 0 Å². The Bertz CT molecular complexity index is 970. The molecule has 1 aliphatic carbocycles. The van der Waals surface area contributed by atoms with Crippen LogP contribution in [0.5, 0.6) is 0 Å². The zero-order valence-corrected chi connectivity index (χ0v) is 20.5. The molecular formula is C25H36N6O5. The van der Waals surface area contributed by atoms with E-state index < -0.39 is 18.0 Å². The molecule has 6 N–H and O–H groups in total. The minimum absolute atomic E-state index is 0.00879. The third kappa shape index (κ3) is 5.79. The van der Waals surface area contributed by atoms with Gasteiger partial charge in [-0.3, -0.25) is 14.5 Å². The number of nitrogens with two attached hydrogens (primary N) is 2. The van der Waals surface area contributed by atoms with Gasteiger partial charge in [-0.1, -0.05) is 0 Å². The molecule has 0 aromatic heterocycles. The van der Waals surface area contributed by atoms with Crippen molar-refractivity contribution >= 4 is 29.5 Å². The second-order valence-corrected chi connectivity index (χ2v) is 10.1. The molecule has 1 aromatic rings. The Hall–Kier alpha value is -3.18. The molecule has 0 bridgehead atoms. The molecule has 196 valence electrons. The highest BCUT2D eigenvalue weighted by Crippen LogP contribution is 2.33. The number of nitrogens with zero attached hydrogens (tertiary/aromatic N) is 3. The molecule has 2 heterocycles. The van der Waals surface area contributed by atoms with Crippen molar-refractivity contribution in [3.05, 3.63) is 29.8 Å². The third-order valence-corrected chi connectivity index (χ3v) is 7.94. The Morgan fingerprint density at radius 1 is 0.972 bits per heavy atom. The molecule has 0 spiro atoms. The van der Waals surface area contributed by atoms with Gasteiger partial charge in [0.2, 0.25) is 11.8 Å². The van der Waals surface area contributed by atoms with Gasteiger partial charge in [0.15, 0.2) is 0 Å². The molecular weight excluding hydrogens is 464 g/mol. The van der Waals surface area contributed by atoms with Gasteiger partial charge in [-0.15, -0.1) is 0 Å². The van der Waals surface area contributed by atoms with Crippen molar-refractivity contribution in [2.24, 2.45) is 23.3 Å². The number of primary amides is 1. The molecule has 2 aliphatic heterocycles. The molecule has 2 saturated heterocycles. The molecule has 4 rings (SSSR count). The van der Waals surface area contributed by atoms with E-state index in [-0.39, 0.29) is 29.3 Å². The molecule has 3 aliphatic rings. The Labute approximate surface area is 210 Å². The number of anilines is 1. The predicted octanol–water partition coefficient (Wildman–Crippen LogP) is 0.754. The van der Waals surface area contributed by atoms with Crippen molar-refractivity contribution in [2.45, 2.75) is 44.2 Å². The van der Waals surface area contributed by atoms with E-state index in [1.807, 2.05) is 0 Å². The fourth-order valence-electron chi connectivity index (χ4n) is 5.68. The van der Waals surface area contributed by atoms with Crippen molar-refractivity contribution in [1.82, 2.24) is 14.7 Å². The van der Waals surface area contributed by atoms with Crippen molar-refractivity contribution < 1.29 is 24.3 Å². The molecule has 1 saturated carbocycles. The summed E-state index contributed by atoms with van der Waals surface area (Å²) in [6, 6.07) is 4.93. The average molecular weight is 501 g/mol. The number of benzene rings is 1. The smallest absolute Gasteiger partial charge is 0.335 e. The van der Waals surface area contributed by atoms with Gasteiger partial charge in [0.1, 0.15) is 6.04 Å². The zero-order valence-electron chi connectivity index (χ0n) is 20.5. The van der Waals surface area contributed by atoms with Gasteiger partial charge >= 0.3 is 12.0 Å². The lowest BCUT2D eigenvalue weighted by Crippen LogP contribution is -2.54. The molecule has 2 atom stereocenters. The molecule has 4 amide bonds. The zero-order chi connectivity index (χ0) is 25.8. The number of carbonyl (C=O) groups is 4. The summed E-state index contributed by atoms with van der Waals surface area (Å²) in [5.74, 6) is -0.951. The van der Waals surface area contributed by atoms with Crippen molar-refractivity contribution in [1.29, 1.82) is 0 Å². The lowest BCUT2D eigenvalue weighted by Gasteiger charge is -2.37. The lowest BCUT2D eigenvalue weighted by atomic mass is 9.81. The maximum atomic E-state index is 13.6. The van der Waals surface area contributed by atoms with Gasteiger partial charge in [0.25, 0.3) is 0 Å². The first-order valence-corrected chi connectivity index (χ1v) is 12.7. The highest BCUT2D eigenvalue weighted by atomic mass is 16.4. The standard InChI is InChI=1S/C25H36N6O5/c26-14-16-1-3-17(4-2-16)23(33)31-15-20(29-9-11-30(12-10-29)25(27)36)13-21(31)22(32)28-19-7-5-18(6-8-19)24(34)35/h5-8,16-17,20-21H,1-4,9-15,26H2,(H2,27,36)(H,28,32)(H,34,35)/t16?,17?,20-,21-/m0/s1. The van der Waals surface area contributed by atoms with E-state index in [9.17, 15) is 19.2 Å². The number of carboxylic acid groups (broad SMARTS) is 1. The average Bonchev–Trinajstić information content (AvgIpc) is 3.34. The first-order chi connectivity index (χ1) is 17.3. The van der Waals surface area contributed by atoms with Gasteiger partial charge in [0.05, 0.1) is 5.56 Å². The molecule has 36 heavy (non-hydrogen) atoms. The number of amides is 4. The Morgan fingerprint density at radius 3 is 2.17 bits per heavy atom. The van der Waals surface area contributed by atoms with E-state index in [0.717, 1.165) is 25.7 Å². The first kappa shape index (κ1) is 25.9. The van der Waals surface area contributed by atoms with Gasteiger partial charge in [-0.2, -0.15) is 0 Å². The Kier molecular flexibility index (Phi) is 8.10. The number of aromatic carboxylic acids is 1. The van der Waals surface area contributed by atoms with Crippen LogP contribution in [0.1, 0.15) is 42.5 Å². The monoisotopic (exact) mass is 500 g/mol. The van der Waals surface area contributed by atoms with Crippen LogP contribution < -0.4 is 16.8 Å². The van der Waals surface area contributed by atoms with Crippen LogP contribution in [0.25, 0.3) is 0 Å². The number of hydrogen-bond donors (Lipinski definition) is 4. The molecule has 0 radical (unpaired) electrons. The first-order valence-electron chi connectivity index (χ1n) is 12.7. The van der Waals surface area contributed by atoms with Crippen molar-refractivity contribution in [2.75, 3.05) is 44.6 Å². The normalized spacial score (nSPS) is 27.0. The van der Waals surface area contributed by atoms with Crippen LogP contribution in [0.4, 0.5) is 10.5 Å². The lowest BCUT2D eigenvalue weighted by molar-refractivity contribution is -0.141. The van der Waals surface area contributed by atoms with Crippen LogP contribution in [0.15, 0.2) is 24.3 Å². The van der Waals surface area contributed by atoms with Crippen LogP contribution in [0.3, 0.4) is 0 Å². The van der Waals surface area contributed by atoms with Crippen LogP contribution in [-0.2, 0) is 9.59 Å². The number of rotatable bonds is 6. The number of urea groups is 1. The summed E-state index contributed by atoms with van der Waals surface area (Å²) in [4.78, 5) is 55.2. The van der Waals surface area contributed by atoms with Crippen LogP contribution in [0, 0.1) is 11.8 Å². The third-order valence-electron chi connectivity index (χ3n) is 7.94. The molecule has 3 fully saturated rings. The van der Waals surface area contributed by atoms with E-state index in [1.165, 1.54) is 12.1 Å². The number of carboxylic acids is 1. The number of nitrogens with one attached hydrogen (secondary N) is 1. The number of piperazine rings is 1. The largest absolute Gasteiger partial charge is 0.478 e. The molecule has 11 heteroatoms. The second kappa shape index (κ2) is 11.3. The fraction of sp³-hybridized carbons (Fsp3) is 0.600. The summed E-state index contributed by atoms with van der Waals surface area (Å²) < 4.78 is 0. The minimum atomic E-state index is -1.04. The fourth-order valence-corrected chi connectivity index (χ4v) is 5.68. The highest BCUT2D eigenvalue weighted by molar-refractivity contribution is 5.98. The molecule has 1 aromatic carbocycles. The number of carbonyl (C=O) groups excluding carboxylic acids is 3. The van der Waals surface area contributed by atoms with Gasteiger partial charge in [-0.25, -0.2) is 9.59 Å². The van der Waals surface area contributed by atoms with E-state index in [1.54, 1.807) is 21.9 Å². The summed E-state index contributed by atoms with van der Waals surface area (Å²) in [5, 5.41) is 12.0. The number of hydrogen-bond acceptors (Lipinski definition) is 6. The SMILES string of the molecule is NCC1CCC(C(=O)N2C[C@@H](N3CCN(C(N)=O)CC3)C[C@H]2C(=O)Nc2ccc(C(=O)O)cc2)CC1. The summed E-state index contributed by atoms with van der Waals surface area (Å²) >= 11 is 0. The minimum Gasteiger partial charge on any atom is -0.478 e. The quantitative estimate of drug-likeness (QED) is 0.448. The van der Waals surface area contributed by atoms with Crippen LogP contribution in [-0.4, -0.2) is 95.0 Å². The van der Waals surface area contributed by atoms with Crippen molar-refractivity contribution in [3.63, 3.8) is 0 Å². The second-order valence-electron chi connectivity index (χ2n) is 10.1. The summed E-state index contributed by atoms with van der Waals surface area (Å²) in [6.45, 7) is 3.42. The Morgan fingerprint density at radius 2 is 1.61 bits per heavy atom. The van der Waals surface area contributed by atoms with E-state index >= 15 is 0 Å². The summed E-state index contributed by atoms with van der Waals surface area (Å²) in [6.07, 6.45) is 3.91. The molecule has 0 unspecified atom stereocenters. The maximum absolute atomic E-state index is 13.6. The van der Waals surface area contributed by atoms with E-state index in [4.69, 9.17) is 16.6 Å². The maximum Gasteiger partial charge on any atom is 0.335 e. The predicted molar refractivity (Wildman–Crippen MR) is 133 cm³/mol. The topological polar surface area (TPSA) is 162 Å². The molecule has 11 nitrogen and oxygen atoms in total.